The summed E-state index contributed by atoms with van der Waals surface area (Å²) in [6.07, 6.45) is 0. The van der Waals surface area contributed by atoms with Gasteiger partial charge in [0.1, 0.15) is 5.75 Å². The molecule has 0 saturated heterocycles. The van der Waals surface area contributed by atoms with Crippen LogP contribution in [0.1, 0.15) is 6.92 Å². The maximum absolute atomic E-state index is 5.25. The van der Waals surface area contributed by atoms with E-state index in [4.69, 9.17) is 16.2 Å². The Morgan fingerprint density at radius 3 is 2.29 bits per heavy atom. The smallest absolute Gasteiger partial charge is 0.191 e. The Kier molecular flexibility index (Phi) is 5.48. The lowest BCUT2D eigenvalue weighted by molar-refractivity contribution is 0.340. The zero-order valence-electron chi connectivity index (χ0n) is 7.93. The Balaban J connectivity index is 0.00000169. The first kappa shape index (κ1) is 12.6. The molecule has 0 saturated carbocycles. The number of hydrogen-bond acceptors (Lipinski definition) is 2. The summed E-state index contributed by atoms with van der Waals surface area (Å²) >= 11 is 0. The van der Waals surface area contributed by atoms with Crippen LogP contribution in [0.15, 0.2) is 29.3 Å². The summed E-state index contributed by atoms with van der Waals surface area (Å²) < 4.78 is 5.25. The van der Waals surface area contributed by atoms with Crippen molar-refractivity contribution >= 4 is 24.1 Å². The molecule has 0 aliphatic heterocycles. The Hall–Kier alpha value is -1.42. The van der Waals surface area contributed by atoms with E-state index in [0.717, 1.165) is 11.4 Å². The van der Waals surface area contributed by atoms with Gasteiger partial charge in [0, 0.05) is 0 Å². The molecule has 4 nitrogen and oxygen atoms in total. The maximum Gasteiger partial charge on any atom is 0.191 e. The van der Waals surface area contributed by atoms with Crippen molar-refractivity contribution < 1.29 is 4.74 Å². The molecule has 0 spiro atoms. The van der Waals surface area contributed by atoms with Crippen molar-refractivity contribution in [2.75, 3.05) is 6.61 Å². The van der Waals surface area contributed by atoms with Gasteiger partial charge in [-0.15, -0.1) is 12.4 Å². The Morgan fingerprint density at radius 1 is 1.29 bits per heavy atom. The molecule has 5 heteroatoms. The third-order valence-electron chi connectivity index (χ3n) is 1.41. The van der Waals surface area contributed by atoms with E-state index in [-0.39, 0.29) is 18.4 Å². The number of guanidine groups is 1. The number of halogens is 1. The Bertz CT molecular complexity index is 293. The predicted molar refractivity (Wildman–Crippen MR) is 60.3 cm³/mol. The van der Waals surface area contributed by atoms with E-state index in [1.165, 1.54) is 0 Å². The van der Waals surface area contributed by atoms with Crippen LogP contribution in [0, 0.1) is 0 Å². The van der Waals surface area contributed by atoms with E-state index in [9.17, 15) is 0 Å². The first-order chi connectivity index (χ1) is 6.22. The first-order valence-corrected chi connectivity index (χ1v) is 4.05. The number of benzene rings is 1. The topological polar surface area (TPSA) is 73.6 Å². The molecular weight excluding hydrogens is 202 g/mol. The number of ether oxygens (including phenoxy) is 1. The Morgan fingerprint density at radius 2 is 1.86 bits per heavy atom. The molecule has 1 aromatic carbocycles. The van der Waals surface area contributed by atoms with Gasteiger partial charge < -0.3 is 16.2 Å². The minimum atomic E-state index is 0. The van der Waals surface area contributed by atoms with Crippen molar-refractivity contribution in [2.24, 2.45) is 16.5 Å². The van der Waals surface area contributed by atoms with Crippen molar-refractivity contribution in [3.63, 3.8) is 0 Å². The van der Waals surface area contributed by atoms with Gasteiger partial charge in [-0.05, 0) is 31.2 Å². The molecule has 0 bridgehead atoms. The van der Waals surface area contributed by atoms with Gasteiger partial charge in [0.05, 0.1) is 12.3 Å². The number of nitrogens with zero attached hydrogens (tertiary/aromatic N) is 1. The molecule has 0 radical (unpaired) electrons. The summed E-state index contributed by atoms with van der Waals surface area (Å²) in [6.45, 7) is 2.59. The highest BCUT2D eigenvalue weighted by molar-refractivity contribution is 5.85. The van der Waals surface area contributed by atoms with Gasteiger partial charge in [-0.2, -0.15) is 0 Å². The molecule has 1 aromatic rings. The summed E-state index contributed by atoms with van der Waals surface area (Å²) in [5.74, 6) is 0.876. The van der Waals surface area contributed by atoms with Crippen LogP contribution in [0.5, 0.6) is 5.75 Å². The fourth-order valence-corrected chi connectivity index (χ4v) is 0.933. The van der Waals surface area contributed by atoms with Gasteiger partial charge in [-0.3, -0.25) is 0 Å². The number of nitrogens with two attached hydrogens (primary N) is 2. The number of hydrogen-bond donors (Lipinski definition) is 2. The molecule has 0 aromatic heterocycles. The second-order valence-electron chi connectivity index (χ2n) is 2.46. The quantitative estimate of drug-likeness (QED) is 0.592. The average Bonchev–Trinajstić information content (AvgIpc) is 2.08. The summed E-state index contributed by atoms with van der Waals surface area (Å²) in [4.78, 5) is 3.88. The van der Waals surface area contributed by atoms with Crippen LogP contribution in [-0.4, -0.2) is 12.6 Å². The monoisotopic (exact) mass is 215 g/mol. The molecule has 0 fully saturated rings. The van der Waals surface area contributed by atoms with E-state index in [1.807, 2.05) is 19.1 Å². The van der Waals surface area contributed by atoms with Crippen LogP contribution in [0.3, 0.4) is 0 Å². The lowest BCUT2D eigenvalue weighted by atomic mass is 10.3. The van der Waals surface area contributed by atoms with Gasteiger partial charge in [-0.25, -0.2) is 4.99 Å². The van der Waals surface area contributed by atoms with Crippen LogP contribution in [-0.2, 0) is 0 Å². The second kappa shape index (κ2) is 6.10. The SMILES string of the molecule is CCOc1ccc(N=C(N)N)cc1.Cl. The molecule has 0 amide bonds. The molecule has 14 heavy (non-hydrogen) atoms. The van der Waals surface area contributed by atoms with Gasteiger partial charge in [-0.1, -0.05) is 0 Å². The van der Waals surface area contributed by atoms with Crippen LogP contribution in [0.2, 0.25) is 0 Å². The summed E-state index contributed by atoms with van der Waals surface area (Å²) in [6, 6.07) is 7.24. The van der Waals surface area contributed by atoms with E-state index >= 15 is 0 Å². The minimum absolute atomic E-state index is 0. The fraction of sp³-hybridized carbons (Fsp3) is 0.222. The highest BCUT2D eigenvalue weighted by Crippen LogP contribution is 2.17. The number of rotatable bonds is 3. The van der Waals surface area contributed by atoms with Gasteiger partial charge >= 0.3 is 0 Å². The zero-order chi connectivity index (χ0) is 9.68. The third kappa shape index (κ3) is 4.00. The molecule has 0 aliphatic carbocycles. The van der Waals surface area contributed by atoms with Crippen molar-refractivity contribution in [2.45, 2.75) is 6.92 Å². The zero-order valence-corrected chi connectivity index (χ0v) is 8.75. The molecule has 0 heterocycles. The molecule has 0 unspecified atom stereocenters. The van der Waals surface area contributed by atoms with Gasteiger partial charge in [0.15, 0.2) is 5.96 Å². The molecule has 78 valence electrons. The van der Waals surface area contributed by atoms with E-state index in [1.54, 1.807) is 12.1 Å². The van der Waals surface area contributed by atoms with Crippen LogP contribution in [0.4, 0.5) is 5.69 Å². The van der Waals surface area contributed by atoms with E-state index < -0.39 is 0 Å². The molecular formula is C9H14ClN3O. The van der Waals surface area contributed by atoms with Gasteiger partial charge in [0.2, 0.25) is 0 Å². The van der Waals surface area contributed by atoms with E-state index in [0.29, 0.717) is 6.61 Å². The predicted octanol–water partition coefficient (Wildman–Crippen LogP) is 1.41. The maximum atomic E-state index is 5.25. The molecule has 0 aliphatic rings. The third-order valence-corrected chi connectivity index (χ3v) is 1.41. The fourth-order valence-electron chi connectivity index (χ4n) is 0.933. The molecule has 0 atom stereocenters. The van der Waals surface area contributed by atoms with Crippen LogP contribution < -0.4 is 16.2 Å². The molecule has 4 N–H and O–H groups in total. The normalized spacial score (nSPS) is 8.64. The molecule has 1 rings (SSSR count). The highest BCUT2D eigenvalue weighted by atomic mass is 35.5. The first-order valence-electron chi connectivity index (χ1n) is 4.05. The van der Waals surface area contributed by atoms with Crippen LogP contribution >= 0.6 is 12.4 Å². The van der Waals surface area contributed by atoms with E-state index in [2.05, 4.69) is 4.99 Å². The summed E-state index contributed by atoms with van der Waals surface area (Å²) in [7, 11) is 0. The highest BCUT2D eigenvalue weighted by Gasteiger charge is 1.92. The lowest BCUT2D eigenvalue weighted by Crippen LogP contribution is -2.21. The summed E-state index contributed by atoms with van der Waals surface area (Å²) in [5, 5.41) is 0. The van der Waals surface area contributed by atoms with Crippen molar-refractivity contribution in [3.05, 3.63) is 24.3 Å². The largest absolute Gasteiger partial charge is 0.494 e. The Labute approximate surface area is 89.4 Å². The standard InChI is InChI=1S/C9H13N3O.ClH/c1-2-13-8-5-3-7(4-6-8)12-9(10)11;/h3-6H,2H2,1H3,(H4,10,11,12);1H. The van der Waals surface area contributed by atoms with Crippen molar-refractivity contribution in [1.82, 2.24) is 0 Å². The van der Waals surface area contributed by atoms with Crippen molar-refractivity contribution in [3.8, 4) is 5.75 Å². The van der Waals surface area contributed by atoms with Crippen molar-refractivity contribution in [1.29, 1.82) is 0 Å². The van der Waals surface area contributed by atoms with Gasteiger partial charge in [0.25, 0.3) is 0 Å². The lowest BCUT2D eigenvalue weighted by Gasteiger charge is -2.01. The minimum Gasteiger partial charge on any atom is -0.494 e. The average molecular weight is 216 g/mol. The van der Waals surface area contributed by atoms with Crippen LogP contribution in [0.25, 0.3) is 0 Å². The second-order valence-corrected chi connectivity index (χ2v) is 2.46. The summed E-state index contributed by atoms with van der Waals surface area (Å²) in [5.41, 5.74) is 11.2. The number of aliphatic imine (C=N–C) groups is 1.